The zero-order valence-electron chi connectivity index (χ0n) is 34.6. The lowest BCUT2D eigenvalue weighted by atomic mass is 9.88. The molecule has 3 aliphatic heterocycles. The number of anilines is 1. The Hall–Kier alpha value is -5.64. The lowest BCUT2D eigenvalue weighted by Gasteiger charge is -2.38. The van der Waals surface area contributed by atoms with E-state index in [1.807, 2.05) is 48.5 Å². The number of carbonyl (C=O) groups excluding carboxylic acids is 3. The summed E-state index contributed by atoms with van der Waals surface area (Å²) in [6, 6.07) is 18.1. The molecule has 1 unspecified atom stereocenters. The number of nitrogens with one attached hydrogen (secondary N) is 3. The quantitative estimate of drug-likeness (QED) is 0.148. The number of benzene rings is 2. The zero-order valence-corrected chi connectivity index (χ0v) is 35.4. The molecule has 4 aliphatic rings. The van der Waals surface area contributed by atoms with E-state index >= 15 is 0 Å². The van der Waals surface area contributed by atoms with E-state index in [2.05, 4.69) is 30.7 Å². The molecule has 0 spiro atoms. The van der Waals surface area contributed by atoms with Gasteiger partial charge in [0.15, 0.2) is 5.58 Å². The van der Waals surface area contributed by atoms with E-state index in [-0.39, 0.29) is 42.3 Å². The van der Waals surface area contributed by atoms with Crippen LogP contribution in [0.15, 0.2) is 87.1 Å². The van der Waals surface area contributed by atoms with Gasteiger partial charge in [0.05, 0.1) is 29.0 Å². The fourth-order valence-electron chi connectivity index (χ4n) is 9.80. The maximum atomic E-state index is 13.1. The predicted molar refractivity (Wildman–Crippen MR) is 235 cm³/mol. The third-order valence-electron chi connectivity index (χ3n) is 13.2. The maximum absolute atomic E-state index is 13.1. The van der Waals surface area contributed by atoms with Crippen molar-refractivity contribution in [3.05, 3.63) is 105 Å². The summed E-state index contributed by atoms with van der Waals surface area (Å²) in [5.74, 6) is 0.204. The summed E-state index contributed by atoms with van der Waals surface area (Å²) < 4.78 is 8.55. The molecule has 3 N–H and O–H groups in total. The molecule has 15 nitrogen and oxygen atoms in total. The molecule has 2 aromatic carbocycles. The fourth-order valence-corrected chi connectivity index (χ4v) is 10.00. The van der Waals surface area contributed by atoms with E-state index < -0.39 is 17.7 Å². The smallest absolute Gasteiger partial charge is 0.408 e. The van der Waals surface area contributed by atoms with Crippen LogP contribution in [0, 0.1) is 5.92 Å². The largest absolute Gasteiger partial charge is 0.420 e. The van der Waals surface area contributed by atoms with Gasteiger partial charge in [0, 0.05) is 48.6 Å². The molecule has 1 saturated carbocycles. The molecule has 3 saturated heterocycles. The van der Waals surface area contributed by atoms with Crippen molar-refractivity contribution in [2.24, 2.45) is 5.92 Å². The van der Waals surface area contributed by atoms with Gasteiger partial charge in [-0.05, 0) is 132 Å². The fraction of sp³-hybridized carbons (Fsp3) is 0.457. The summed E-state index contributed by atoms with van der Waals surface area (Å²) in [6.45, 7) is 5.36. The summed E-state index contributed by atoms with van der Waals surface area (Å²) in [6.07, 6.45) is 11.5. The average molecular weight is 862 g/mol. The topological polar surface area (TPSA) is 177 Å². The number of halogens is 1. The van der Waals surface area contributed by atoms with E-state index in [1.165, 1.54) is 10.6 Å². The number of amides is 3. The second-order valence-corrected chi connectivity index (χ2v) is 17.7. The molecular formula is C46H52ClN9O6. The molecule has 1 aliphatic carbocycles. The lowest BCUT2D eigenvalue weighted by molar-refractivity contribution is -0.135. The number of oxazole rings is 1. The number of aromatic nitrogens is 4. The number of hydrogen-bond donors (Lipinski definition) is 3. The van der Waals surface area contributed by atoms with Gasteiger partial charge in [-0.1, -0.05) is 35.9 Å². The van der Waals surface area contributed by atoms with Crippen LogP contribution in [0.25, 0.3) is 28.0 Å². The Labute approximate surface area is 363 Å². The van der Waals surface area contributed by atoms with Crippen molar-refractivity contribution < 1.29 is 18.8 Å². The Kier molecular flexibility index (Phi) is 12.4. The molecule has 5 aromatic rings. The molecule has 6 heterocycles. The van der Waals surface area contributed by atoms with Gasteiger partial charge in [-0.25, -0.2) is 14.8 Å². The Balaban J connectivity index is 0.686. The van der Waals surface area contributed by atoms with Gasteiger partial charge >= 0.3 is 5.76 Å². The Bertz CT molecular complexity index is 2570. The van der Waals surface area contributed by atoms with Crippen molar-refractivity contribution in [3.8, 4) is 16.9 Å². The van der Waals surface area contributed by atoms with Crippen LogP contribution in [0.3, 0.4) is 0 Å². The highest BCUT2D eigenvalue weighted by atomic mass is 35.5. The van der Waals surface area contributed by atoms with Gasteiger partial charge in [0.25, 0.3) is 5.56 Å². The van der Waals surface area contributed by atoms with E-state index in [4.69, 9.17) is 21.0 Å². The Morgan fingerprint density at radius 3 is 2.39 bits per heavy atom. The Morgan fingerprint density at radius 1 is 0.839 bits per heavy atom. The van der Waals surface area contributed by atoms with Crippen LogP contribution in [0.5, 0.6) is 0 Å². The molecule has 16 heteroatoms. The minimum atomic E-state index is -0.748. The number of pyridine rings is 1. The van der Waals surface area contributed by atoms with Crippen LogP contribution in [-0.4, -0.2) is 98.0 Å². The van der Waals surface area contributed by atoms with Crippen molar-refractivity contribution >= 4 is 46.4 Å². The SMILES string of the molecule is O=C1CCC(n2c(=O)oc3cc(C4CCN(CC5CCN(CC(=O)N[C@H]6CC[C@H](Nc7ncc(Cl)c(-c8cccc(-n9ccccc9=O)c8)n7)CC6)CC5)CC4)ccc32)C(=O)N1. The lowest BCUT2D eigenvalue weighted by Crippen LogP contribution is -2.47. The molecule has 0 bridgehead atoms. The first-order chi connectivity index (χ1) is 30.1. The second-order valence-electron chi connectivity index (χ2n) is 17.3. The van der Waals surface area contributed by atoms with E-state index in [1.54, 1.807) is 23.0 Å². The average Bonchev–Trinajstić information content (AvgIpc) is 3.60. The van der Waals surface area contributed by atoms with Gasteiger partial charge in [0.2, 0.25) is 23.7 Å². The first-order valence-corrected chi connectivity index (χ1v) is 22.3. The molecule has 0 radical (unpaired) electrons. The molecule has 324 valence electrons. The summed E-state index contributed by atoms with van der Waals surface area (Å²) in [5, 5.41) is 9.54. The Morgan fingerprint density at radius 2 is 1.61 bits per heavy atom. The van der Waals surface area contributed by atoms with Gasteiger partial charge in [-0.3, -0.25) is 38.5 Å². The van der Waals surface area contributed by atoms with Gasteiger partial charge < -0.3 is 20.0 Å². The van der Waals surface area contributed by atoms with E-state index in [0.717, 1.165) is 101 Å². The first kappa shape index (κ1) is 41.7. The van der Waals surface area contributed by atoms with Crippen molar-refractivity contribution in [2.75, 3.05) is 44.6 Å². The first-order valence-electron chi connectivity index (χ1n) is 21.9. The van der Waals surface area contributed by atoms with Crippen LogP contribution in [-0.2, 0) is 14.4 Å². The summed E-state index contributed by atoms with van der Waals surface area (Å²) in [7, 11) is 0. The van der Waals surface area contributed by atoms with Crippen LogP contribution in [0.4, 0.5) is 5.95 Å². The van der Waals surface area contributed by atoms with Crippen molar-refractivity contribution in [1.82, 2.24) is 39.5 Å². The van der Waals surface area contributed by atoms with Crippen LogP contribution in [0.2, 0.25) is 5.02 Å². The standard InChI is InChI=1S/C46H52ClN9O6/c47-36-26-48-45(52-43(36)32-4-3-5-35(24-32)55-19-2-1-6-42(55)59)50-34-10-8-33(9-11-34)49-41(58)28-54-20-15-29(16-21-54)27-53-22-17-30(18-23-53)31-7-12-37-39(25-31)62-46(61)56(37)38-13-14-40(57)51-44(38)60/h1-7,12,19,24-26,29-30,33-34,38H,8-11,13-18,20-23,27-28H2,(H,49,58)(H,48,50,52)(H,51,57,60)/t33-,34-,38?. The summed E-state index contributed by atoms with van der Waals surface area (Å²) >= 11 is 6.56. The molecule has 62 heavy (non-hydrogen) atoms. The molecular weight excluding hydrogens is 810 g/mol. The van der Waals surface area contributed by atoms with E-state index in [9.17, 15) is 24.0 Å². The molecule has 3 aromatic heterocycles. The van der Waals surface area contributed by atoms with Crippen molar-refractivity contribution in [1.29, 1.82) is 0 Å². The molecule has 1 atom stereocenters. The number of fused-ring (bicyclic) bond motifs is 1. The molecule has 3 amide bonds. The second kappa shape index (κ2) is 18.4. The minimum absolute atomic E-state index is 0.0950. The minimum Gasteiger partial charge on any atom is -0.408 e. The molecule has 9 rings (SSSR count). The zero-order chi connectivity index (χ0) is 42.7. The predicted octanol–water partition coefficient (Wildman–Crippen LogP) is 5.26. The summed E-state index contributed by atoms with van der Waals surface area (Å²) in [4.78, 5) is 76.5. The van der Waals surface area contributed by atoms with Gasteiger partial charge in [0.1, 0.15) is 6.04 Å². The summed E-state index contributed by atoms with van der Waals surface area (Å²) in [5.41, 5.74) is 4.18. The number of rotatable bonds is 11. The van der Waals surface area contributed by atoms with Gasteiger partial charge in [-0.15, -0.1) is 0 Å². The van der Waals surface area contributed by atoms with Crippen molar-refractivity contribution in [3.63, 3.8) is 0 Å². The molecule has 4 fully saturated rings. The third-order valence-corrected chi connectivity index (χ3v) is 13.5. The highest BCUT2D eigenvalue weighted by Gasteiger charge is 2.32. The number of piperidine rings is 3. The van der Waals surface area contributed by atoms with Crippen LogP contribution >= 0.6 is 11.6 Å². The third kappa shape index (κ3) is 9.39. The highest BCUT2D eigenvalue weighted by Crippen LogP contribution is 2.33. The van der Waals surface area contributed by atoms with Crippen LogP contribution in [0.1, 0.15) is 81.7 Å². The number of nitrogens with zero attached hydrogens (tertiary/aromatic N) is 6. The van der Waals surface area contributed by atoms with Crippen LogP contribution < -0.4 is 27.3 Å². The number of imide groups is 1. The normalized spacial score (nSPS) is 22.1. The number of carbonyl (C=O) groups is 3. The van der Waals surface area contributed by atoms with Crippen molar-refractivity contribution in [2.45, 2.75) is 88.3 Å². The maximum Gasteiger partial charge on any atom is 0.420 e. The number of hydrogen-bond acceptors (Lipinski definition) is 11. The van der Waals surface area contributed by atoms with Gasteiger partial charge in [-0.2, -0.15) is 0 Å². The van der Waals surface area contributed by atoms with E-state index in [0.29, 0.717) is 46.1 Å². The number of likely N-dealkylation sites (tertiary alicyclic amines) is 2. The highest BCUT2D eigenvalue weighted by molar-refractivity contribution is 6.32. The monoisotopic (exact) mass is 861 g/mol.